The molecular weight excluding hydrogens is 218 g/mol. The fourth-order valence-electron chi connectivity index (χ4n) is 1.11. The molecule has 0 saturated carbocycles. The number of aromatic carboxylic acids is 1. The zero-order chi connectivity index (χ0) is 11.5. The van der Waals surface area contributed by atoms with Crippen LogP contribution in [0, 0.1) is 0 Å². The minimum Gasteiger partial charge on any atom is -0.478 e. The number of rotatable bonds is 5. The van der Waals surface area contributed by atoms with Gasteiger partial charge in [0.2, 0.25) is 10.0 Å². The summed E-state index contributed by atoms with van der Waals surface area (Å²) in [5, 5.41) is 8.63. The molecule has 0 aliphatic carbocycles. The maximum absolute atomic E-state index is 11.6. The molecule has 0 aromatic carbocycles. The van der Waals surface area contributed by atoms with Crippen molar-refractivity contribution in [1.29, 1.82) is 0 Å². The highest BCUT2D eigenvalue weighted by molar-refractivity contribution is 7.89. The second-order valence-electron chi connectivity index (χ2n) is 3.20. The minimum absolute atomic E-state index is 0.0185. The van der Waals surface area contributed by atoms with Gasteiger partial charge in [-0.3, -0.25) is 3.97 Å². The van der Waals surface area contributed by atoms with E-state index in [2.05, 4.69) is 0 Å². The van der Waals surface area contributed by atoms with Crippen LogP contribution in [-0.2, 0) is 10.0 Å². The number of hydrogen-bond donors (Lipinski definition) is 1. The molecule has 1 aromatic rings. The summed E-state index contributed by atoms with van der Waals surface area (Å²) in [6.07, 6.45) is 3.73. The molecule has 0 aliphatic heterocycles. The van der Waals surface area contributed by atoms with Crippen LogP contribution >= 0.6 is 0 Å². The molecule has 0 saturated heterocycles. The van der Waals surface area contributed by atoms with Crippen molar-refractivity contribution in [2.75, 3.05) is 5.75 Å². The average Bonchev–Trinajstić information content (AvgIpc) is 2.64. The molecular formula is C9H13NO4S. The third-order valence-electron chi connectivity index (χ3n) is 1.99. The van der Waals surface area contributed by atoms with Gasteiger partial charge < -0.3 is 5.11 Å². The molecule has 0 spiro atoms. The van der Waals surface area contributed by atoms with E-state index in [1.807, 2.05) is 6.92 Å². The van der Waals surface area contributed by atoms with Crippen molar-refractivity contribution in [3.05, 3.63) is 24.0 Å². The number of unbranched alkanes of at least 4 members (excludes halogenated alkanes) is 1. The second-order valence-corrected chi connectivity index (χ2v) is 5.20. The number of carboxylic acid groups (broad SMARTS) is 1. The Kier molecular flexibility index (Phi) is 3.52. The van der Waals surface area contributed by atoms with Crippen molar-refractivity contribution in [1.82, 2.24) is 3.97 Å². The van der Waals surface area contributed by atoms with Crippen molar-refractivity contribution in [3.8, 4) is 0 Å². The molecule has 1 heterocycles. The molecule has 84 valence electrons. The molecule has 6 heteroatoms. The SMILES string of the molecule is CCCCS(=O)(=O)n1ccc(C(=O)O)c1. The number of hydrogen-bond acceptors (Lipinski definition) is 3. The predicted octanol–water partition coefficient (Wildman–Crippen LogP) is 1.16. The summed E-state index contributed by atoms with van der Waals surface area (Å²) in [5.41, 5.74) is -0.0185. The van der Waals surface area contributed by atoms with E-state index in [4.69, 9.17) is 5.11 Å². The maximum atomic E-state index is 11.6. The van der Waals surface area contributed by atoms with Gasteiger partial charge >= 0.3 is 5.97 Å². The minimum atomic E-state index is -3.38. The Balaban J connectivity index is 2.91. The van der Waals surface area contributed by atoms with E-state index in [9.17, 15) is 13.2 Å². The molecule has 0 amide bonds. The van der Waals surface area contributed by atoms with Gasteiger partial charge in [0, 0.05) is 12.4 Å². The number of carboxylic acids is 1. The lowest BCUT2D eigenvalue weighted by molar-refractivity contribution is 0.0697. The van der Waals surface area contributed by atoms with Gasteiger partial charge in [-0.05, 0) is 12.5 Å². The zero-order valence-corrected chi connectivity index (χ0v) is 9.20. The summed E-state index contributed by atoms with van der Waals surface area (Å²) >= 11 is 0. The van der Waals surface area contributed by atoms with Crippen LogP contribution in [0.4, 0.5) is 0 Å². The Morgan fingerprint density at radius 2 is 2.20 bits per heavy atom. The second kappa shape index (κ2) is 4.48. The molecule has 5 nitrogen and oxygen atoms in total. The van der Waals surface area contributed by atoms with E-state index in [1.54, 1.807) is 0 Å². The maximum Gasteiger partial charge on any atom is 0.337 e. The van der Waals surface area contributed by atoms with E-state index < -0.39 is 16.0 Å². The standard InChI is InChI=1S/C9H13NO4S/c1-2-3-6-15(13,14)10-5-4-8(7-10)9(11)12/h4-5,7H,2-3,6H2,1H3,(H,11,12). The fraction of sp³-hybridized carbons (Fsp3) is 0.444. The first-order valence-electron chi connectivity index (χ1n) is 4.62. The Morgan fingerprint density at radius 1 is 1.53 bits per heavy atom. The molecule has 0 bridgehead atoms. The molecule has 0 atom stereocenters. The lowest BCUT2D eigenvalue weighted by atomic mass is 10.4. The molecule has 0 radical (unpaired) electrons. The van der Waals surface area contributed by atoms with E-state index in [0.717, 1.165) is 16.6 Å². The van der Waals surface area contributed by atoms with Gasteiger partial charge in [0.1, 0.15) is 0 Å². The average molecular weight is 231 g/mol. The van der Waals surface area contributed by atoms with Crippen molar-refractivity contribution < 1.29 is 18.3 Å². The van der Waals surface area contributed by atoms with Crippen LogP contribution in [0.2, 0.25) is 0 Å². The van der Waals surface area contributed by atoms with E-state index in [-0.39, 0.29) is 11.3 Å². The van der Waals surface area contributed by atoms with E-state index >= 15 is 0 Å². The molecule has 0 aliphatic rings. The molecule has 0 fully saturated rings. The molecule has 0 unspecified atom stereocenters. The third-order valence-corrected chi connectivity index (χ3v) is 3.67. The zero-order valence-electron chi connectivity index (χ0n) is 8.38. The topological polar surface area (TPSA) is 76.4 Å². The number of nitrogens with zero attached hydrogens (tertiary/aromatic N) is 1. The van der Waals surface area contributed by atoms with Gasteiger partial charge in [-0.2, -0.15) is 0 Å². The summed E-state index contributed by atoms with van der Waals surface area (Å²) in [6, 6.07) is 1.27. The highest BCUT2D eigenvalue weighted by Gasteiger charge is 2.14. The fourth-order valence-corrected chi connectivity index (χ4v) is 2.49. The van der Waals surface area contributed by atoms with Gasteiger partial charge in [-0.25, -0.2) is 13.2 Å². The monoisotopic (exact) mass is 231 g/mol. The first-order valence-corrected chi connectivity index (χ1v) is 6.23. The van der Waals surface area contributed by atoms with Gasteiger partial charge in [0.25, 0.3) is 0 Å². The smallest absolute Gasteiger partial charge is 0.337 e. The van der Waals surface area contributed by atoms with Gasteiger partial charge in [0.05, 0.1) is 11.3 Å². The van der Waals surface area contributed by atoms with Gasteiger partial charge in [-0.15, -0.1) is 0 Å². The predicted molar refractivity (Wildman–Crippen MR) is 55.5 cm³/mol. The number of carbonyl (C=O) groups is 1. The van der Waals surface area contributed by atoms with Crippen LogP contribution < -0.4 is 0 Å². The Labute approximate surface area is 88.4 Å². The molecule has 1 N–H and O–H groups in total. The molecule has 1 rings (SSSR count). The highest BCUT2D eigenvalue weighted by atomic mass is 32.2. The number of aromatic nitrogens is 1. The summed E-state index contributed by atoms with van der Waals surface area (Å²) in [7, 11) is -3.38. The summed E-state index contributed by atoms with van der Waals surface area (Å²) in [4.78, 5) is 10.5. The Bertz CT molecular complexity index is 446. The van der Waals surface area contributed by atoms with Crippen LogP contribution in [0.15, 0.2) is 18.5 Å². The summed E-state index contributed by atoms with van der Waals surface area (Å²) < 4.78 is 24.2. The first kappa shape index (κ1) is 11.8. The lowest BCUT2D eigenvalue weighted by Gasteiger charge is -2.03. The van der Waals surface area contributed by atoms with Crippen LogP contribution in [0.3, 0.4) is 0 Å². The Hall–Kier alpha value is -1.30. The molecule has 15 heavy (non-hydrogen) atoms. The van der Waals surface area contributed by atoms with Gasteiger partial charge in [0.15, 0.2) is 0 Å². The van der Waals surface area contributed by atoms with E-state index in [1.165, 1.54) is 12.3 Å². The van der Waals surface area contributed by atoms with Crippen LogP contribution in [0.5, 0.6) is 0 Å². The van der Waals surface area contributed by atoms with Crippen LogP contribution in [-0.4, -0.2) is 29.2 Å². The Morgan fingerprint density at radius 3 is 2.67 bits per heavy atom. The molecule has 1 aromatic heterocycles. The normalized spacial score (nSPS) is 11.5. The van der Waals surface area contributed by atoms with Crippen molar-refractivity contribution >= 4 is 16.0 Å². The summed E-state index contributed by atoms with van der Waals surface area (Å²) in [5.74, 6) is -1.09. The highest BCUT2D eigenvalue weighted by Crippen LogP contribution is 2.07. The van der Waals surface area contributed by atoms with Crippen molar-refractivity contribution in [3.63, 3.8) is 0 Å². The van der Waals surface area contributed by atoms with Crippen LogP contribution in [0.1, 0.15) is 30.1 Å². The van der Waals surface area contributed by atoms with Crippen molar-refractivity contribution in [2.24, 2.45) is 0 Å². The van der Waals surface area contributed by atoms with Crippen LogP contribution in [0.25, 0.3) is 0 Å². The first-order chi connectivity index (χ1) is 6.97. The quantitative estimate of drug-likeness (QED) is 0.825. The largest absolute Gasteiger partial charge is 0.478 e. The van der Waals surface area contributed by atoms with Crippen molar-refractivity contribution in [2.45, 2.75) is 19.8 Å². The third kappa shape index (κ3) is 2.82. The lowest BCUT2D eigenvalue weighted by Crippen LogP contribution is -2.14. The summed E-state index contributed by atoms with van der Waals surface area (Å²) in [6.45, 7) is 1.90. The van der Waals surface area contributed by atoms with Gasteiger partial charge in [-0.1, -0.05) is 13.3 Å². The van der Waals surface area contributed by atoms with E-state index in [0.29, 0.717) is 6.42 Å².